The van der Waals surface area contributed by atoms with E-state index in [-0.39, 0.29) is 11.6 Å². The smallest absolute Gasteiger partial charge is 0.339 e. The van der Waals surface area contributed by atoms with Crippen LogP contribution < -0.4 is 5.32 Å². The Morgan fingerprint density at radius 3 is 2.88 bits per heavy atom. The van der Waals surface area contributed by atoms with Crippen LogP contribution in [0.4, 0.5) is 5.95 Å². The standard InChI is InChI=1S/C11H13N3O2/c1-4-8(5-2)14-11-12-6-9(10(15)16)7(3)13-11/h1,6,8H,5H2,2-3H3,(H,15,16)(H,12,13,14). The maximum absolute atomic E-state index is 10.7. The van der Waals surface area contributed by atoms with Gasteiger partial charge in [-0.05, 0) is 13.3 Å². The van der Waals surface area contributed by atoms with E-state index in [1.54, 1.807) is 6.92 Å². The quantitative estimate of drug-likeness (QED) is 0.747. The van der Waals surface area contributed by atoms with Gasteiger partial charge in [-0.3, -0.25) is 0 Å². The van der Waals surface area contributed by atoms with Crippen molar-refractivity contribution >= 4 is 11.9 Å². The Morgan fingerprint density at radius 1 is 1.75 bits per heavy atom. The molecule has 5 nitrogen and oxygen atoms in total. The van der Waals surface area contributed by atoms with E-state index in [1.165, 1.54) is 6.20 Å². The minimum atomic E-state index is -1.03. The molecule has 1 atom stereocenters. The van der Waals surface area contributed by atoms with E-state index in [4.69, 9.17) is 11.5 Å². The van der Waals surface area contributed by atoms with Gasteiger partial charge in [-0.1, -0.05) is 12.8 Å². The monoisotopic (exact) mass is 219 g/mol. The number of nitrogens with zero attached hydrogens (tertiary/aromatic N) is 2. The van der Waals surface area contributed by atoms with Gasteiger partial charge in [0.25, 0.3) is 0 Å². The number of aryl methyl sites for hydroxylation is 1. The third-order valence-corrected chi connectivity index (χ3v) is 2.12. The molecule has 0 fully saturated rings. The van der Waals surface area contributed by atoms with Crippen LogP contribution in [0.3, 0.4) is 0 Å². The Bertz CT molecular complexity index is 437. The summed E-state index contributed by atoms with van der Waals surface area (Å²) >= 11 is 0. The van der Waals surface area contributed by atoms with Crippen molar-refractivity contribution < 1.29 is 9.90 Å². The summed E-state index contributed by atoms with van der Waals surface area (Å²) in [4.78, 5) is 18.7. The number of hydrogen-bond donors (Lipinski definition) is 2. The van der Waals surface area contributed by atoms with Crippen molar-refractivity contribution in [1.29, 1.82) is 0 Å². The van der Waals surface area contributed by atoms with E-state index < -0.39 is 5.97 Å². The number of carboxylic acid groups (broad SMARTS) is 1. The second kappa shape index (κ2) is 5.12. The number of rotatable bonds is 4. The molecule has 1 heterocycles. The van der Waals surface area contributed by atoms with Crippen molar-refractivity contribution in [2.24, 2.45) is 0 Å². The highest BCUT2D eigenvalue weighted by molar-refractivity contribution is 5.88. The molecule has 1 aromatic rings. The molecule has 0 saturated heterocycles. The first-order valence-electron chi connectivity index (χ1n) is 4.88. The highest BCUT2D eigenvalue weighted by atomic mass is 16.4. The van der Waals surface area contributed by atoms with Gasteiger partial charge in [-0.2, -0.15) is 0 Å². The van der Waals surface area contributed by atoms with Gasteiger partial charge in [-0.15, -0.1) is 6.42 Å². The largest absolute Gasteiger partial charge is 0.478 e. The first-order valence-corrected chi connectivity index (χ1v) is 4.88. The van der Waals surface area contributed by atoms with Gasteiger partial charge < -0.3 is 10.4 Å². The number of anilines is 1. The molecule has 0 aliphatic rings. The lowest BCUT2D eigenvalue weighted by molar-refractivity contribution is 0.0695. The average molecular weight is 219 g/mol. The summed E-state index contributed by atoms with van der Waals surface area (Å²) in [7, 11) is 0. The SMILES string of the molecule is C#CC(CC)Nc1ncc(C(=O)O)c(C)n1. The van der Waals surface area contributed by atoms with E-state index in [0.717, 1.165) is 6.42 Å². The fourth-order valence-corrected chi connectivity index (χ4v) is 1.16. The van der Waals surface area contributed by atoms with E-state index in [9.17, 15) is 4.79 Å². The third-order valence-electron chi connectivity index (χ3n) is 2.12. The molecule has 0 spiro atoms. The van der Waals surface area contributed by atoms with E-state index >= 15 is 0 Å². The fraction of sp³-hybridized carbons (Fsp3) is 0.364. The van der Waals surface area contributed by atoms with Crippen LogP contribution in [0.15, 0.2) is 6.20 Å². The van der Waals surface area contributed by atoms with Crippen LogP contribution in [0.1, 0.15) is 29.4 Å². The minimum Gasteiger partial charge on any atom is -0.478 e. The highest BCUT2D eigenvalue weighted by Crippen LogP contribution is 2.08. The molecule has 84 valence electrons. The van der Waals surface area contributed by atoms with Crippen LogP contribution in [-0.4, -0.2) is 27.1 Å². The Kier molecular flexibility index (Phi) is 3.84. The van der Waals surface area contributed by atoms with Crippen molar-refractivity contribution in [2.75, 3.05) is 5.32 Å². The van der Waals surface area contributed by atoms with E-state index in [0.29, 0.717) is 11.6 Å². The molecule has 2 N–H and O–H groups in total. The molecule has 0 aromatic carbocycles. The number of hydrogen-bond acceptors (Lipinski definition) is 4. The van der Waals surface area contributed by atoms with Crippen LogP contribution in [0.5, 0.6) is 0 Å². The van der Waals surface area contributed by atoms with Crippen molar-refractivity contribution in [3.63, 3.8) is 0 Å². The Hall–Kier alpha value is -2.09. The zero-order chi connectivity index (χ0) is 12.1. The summed E-state index contributed by atoms with van der Waals surface area (Å²) in [6, 6.07) is -0.143. The van der Waals surface area contributed by atoms with Crippen molar-refractivity contribution in [3.8, 4) is 12.3 Å². The zero-order valence-electron chi connectivity index (χ0n) is 9.19. The summed E-state index contributed by atoms with van der Waals surface area (Å²) in [6.45, 7) is 3.56. The highest BCUT2D eigenvalue weighted by Gasteiger charge is 2.11. The maximum atomic E-state index is 10.7. The molecular formula is C11H13N3O2. The molecule has 5 heteroatoms. The third kappa shape index (κ3) is 2.70. The molecule has 0 radical (unpaired) electrons. The van der Waals surface area contributed by atoms with Gasteiger partial charge in [0, 0.05) is 6.20 Å². The van der Waals surface area contributed by atoms with Crippen molar-refractivity contribution in [2.45, 2.75) is 26.3 Å². The van der Waals surface area contributed by atoms with E-state index in [1.807, 2.05) is 6.92 Å². The lowest BCUT2D eigenvalue weighted by atomic mass is 10.2. The number of aromatic carboxylic acids is 1. The number of terminal acetylenes is 1. The maximum Gasteiger partial charge on any atom is 0.339 e. The normalized spacial score (nSPS) is 11.6. The molecule has 1 unspecified atom stereocenters. The van der Waals surface area contributed by atoms with Gasteiger partial charge in [0.15, 0.2) is 0 Å². The molecule has 1 rings (SSSR count). The lowest BCUT2D eigenvalue weighted by Crippen LogP contribution is -2.18. The first-order chi connectivity index (χ1) is 7.58. The minimum absolute atomic E-state index is 0.0966. The molecule has 1 aromatic heterocycles. The van der Waals surface area contributed by atoms with Gasteiger partial charge in [0.1, 0.15) is 0 Å². The molecule has 0 amide bonds. The summed E-state index contributed by atoms with van der Waals surface area (Å²) in [5, 5.41) is 11.7. The van der Waals surface area contributed by atoms with Crippen LogP contribution in [0, 0.1) is 19.3 Å². The predicted molar refractivity (Wildman–Crippen MR) is 60.3 cm³/mol. The number of nitrogens with one attached hydrogen (secondary N) is 1. The Balaban J connectivity index is 2.90. The van der Waals surface area contributed by atoms with E-state index in [2.05, 4.69) is 21.2 Å². The van der Waals surface area contributed by atoms with Gasteiger partial charge in [0.2, 0.25) is 5.95 Å². The predicted octanol–water partition coefficient (Wildman–Crippen LogP) is 1.31. The second-order valence-electron chi connectivity index (χ2n) is 3.27. The average Bonchev–Trinajstić information content (AvgIpc) is 2.25. The van der Waals surface area contributed by atoms with Crippen LogP contribution in [0.2, 0.25) is 0 Å². The van der Waals surface area contributed by atoms with Crippen LogP contribution in [0.25, 0.3) is 0 Å². The number of aromatic nitrogens is 2. The van der Waals surface area contributed by atoms with Gasteiger partial charge in [-0.25, -0.2) is 14.8 Å². The van der Waals surface area contributed by atoms with Gasteiger partial charge >= 0.3 is 5.97 Å². The second-order valence-corrected chi connectivity index (χ2v) is 3.27. The Labute approximate surface area is 93.9 Å². The van der Waals surface area contributed by atoms with Gasteiger partial charge in [0.05, 0.1) is 17.3 Å². The molecule has 16 heavy (non-hydrogen) atoms. The Morgan fingerprint density at radius 2 is 2.44 bits per heavy atom. The number of carboxylic acids is 1. The number of carbonyl (C=O) groups is 1. The first kappa shape index (κ1) is 12.0. The van der Waals surface area contributed by atoms with Crippen molar-refractivity contribution in [1.82, 2.24) is 9.97 Å². The topological polar surface area (TPSA) is 75.1 Å². The lowest BCUT2D eigenvalue weighted by Gasteiger charge is -2.11. The van der Waals surface area contributed by atoms with Crippen LogP contribution in [-0.2, 0) is 0 Å². The summed E-state index contributed by atoms with van der Waals surface area (Å²) in [5.74, 6) is 1.87. The molecule has 0 aliphatic carbocycles. The summed E-state index contributed by atoms with van der Waals surface area (Å²) in [6.07, 6.45) is 7.31. The molecule has 0 bridgehead atoms. The summed E-state index contributed by atoms with van der Waals surface area (Å²) < 4.78 is 0. The summed E-state index contributed by atoms with van der Waals surface area (Å²) in [5.41, 5.74) is 0.510. The van der Waals surface area contributed by atoms with Crippen molar-refractivity contribution in [3.05, 3.63) is 17.5 Å². The molecule has 0 aliphatic heterocycles. The molecular weight excluding hydrogens is 206 g/mol. The fourth-order valence-electron chi connectivity index (χ4n) is 1.16. The zero-order valence-corrected chi connectivity index (χ0v) is 9.19. The van der Waals surface area contributed by atoms with Crippen LogP contribution >= 0.6 is 0 Å². The molecule has 0 saturated carbocycles.